The fraction of sp³-hybridized carbons (Fsp3) is 0.727. The van der Waals surface area contributed by atoms with Crippen LogP contribution in [0.2, 0.25) is 0 Å². The quantitative estimate of drug-likeness (QED) is 0.626. The summed E-state index contributed by atoms with van der Waals surface area (Å²) in [7, 11) is 1.79. The zero-order valence-corrected chi connectivity index (χ0v) is 9.80. The van der Waals surface area contributed by atoms with Crippen LogP contribution in [0.15, 0.2) is 6.33 Å². The van der Waals surface area contributed by atoms with Gasteiger partial charge in [-0.15, -0.1) is 0 Å². The number of aromatic nitrogens is 2. The summed E-state index contributed by atoms with van der Waals surface area (Å²) < 4.78 is 1.70. The summed E-state index contributed by atoms with van der Waals surface area (Å²) in [6, 6.07) is 0.407. The summed E-state index contributed by atoms with van der Waals surface area (Å²) in [6.07, 6.45) is 6.50. The molecule has 1 aromatic rings. The molecule has 0 spiro atoms. The van der Waals surface area contributed by atoms with Gasteiger partial charge in [-0.25, -0.2) is 0 Å². The molecule has 17 heavy (non-hydrogen) atoms. The number of nitro groups is 1. The first kappa shape index (κ1) is 10.6. The lowest BCUT2D eigenvalue weighted by Crippen LogP contribution is -2.25. The average molecular weight is 236 g/mol. The van der Waals surface area contributed by atoms with Crippen molar-refractivity contribution in [1.29, 1.82) is 0 Å². The standard InChI is InChI=1S/C11H16N4O2/c1-14-6-12-10(15(16)17)11(14)13-9(7-2-3-7)8-4-5-8/h6-9,13H,2-5H2,1H3. The maximum absolute atomic E-state index is 10.9. The summed E-state index contributed by atoms with van der Waals surface area (Å²) in [4.78, 5) is 14.3. The van der Waals surface area contributed by atoms with Crippen molar-refractivity contribution < 1.29 is 4.92 Å². The number of hydrogen-bond acceptors (Lipinski definition) is 4. The first-order valence-electron chi connectivity index (χ1n) is 6.09. The van der Waals surface area contributed by atoms with E-state index in [0.29, 0.717) is 23.7 Å². The second-order valence-electron chi connectivity index (χ2n) is 5.13. The van der Waals surface area contributed by atoms with Crippen LogP contribution in [0.4, 0.5) is 11.6 Å². The van der Waals surface area contributed by atoms with Crippen LogP contribution in [-0.2, 0) is 7.05 Å². The highest BCUT2D eigenvalue weighted by molar-refractivity contribution is 5.53. The zero-order chi connectivity index (χ0) is 12.0. The van der Waals surface area contributed by atoms with Crippen LogP contribution in [0.25, 0.3) is 0 Å². The van der Waals surface area contributed by atoms with Crippen LogP contribution >= 0.6 is 0 Å². The van der Waals surface area contributed by atoms with E-state index in [1.165, 1.54) is 32.0 Å². The Morgan fingerprint density at radius 3 is 2.53 bits per heavy atom. The van der Waals surface area contributed by atoms with Crippen molar-refractivity contribution in [3.63, 3.8) is 0 Å². The molecule has 0 amide bonds. The predicted molar refractivity (Wildman–Crippen MR) is 62.7 cm³/mol. The van der Waals surface area contributed by atoms with E-state index in [1.54, 1.807) is 11.6 Å². The molecule has 6 nitrogen and oxygen atoms in total. The van der Waals surface area contributed by atoms with Gasteiger partial charge in [-0.3, -0.25) is 4.57 Å². The lowest BCUT2D eigenvalue weighted by Gasteiger charge is -2.18. The molecule has 0 saturated heterocycles. The molecule has 92 valence electrons. The molecule has 3 rings (SSSR count). The van der Waals surface area contributed by atoms with Crippen molar-refractivity contribution in [3.8, 4) is 0 Å². The van der Waals surface area contributed by atoms with E-state index in [4.69, 9.17) is 0 Å². The molecule has 0 bridgehead atoms. The summed E-state index contributed by atoms with van der Waals surface area (Å²) >= 11 is 0. The lowest BCUT2D eigenvalue weighted by molar-refractivity contribution is -0.388. The molecule has 6 heteroatoms. The molecule has 0 radical (unpaired) electrons. The Bertz CT molecular complexity index is 436. The van der Waals surface area contributed by atoms with Gasteiger partial charge in [0.15, 0.2) is 0 Å². The third-order valence-corrected chi connectivity index (χ3v) is 3.65. The summed E-state index contributed by atoms with van der Waals surface area (Å²) in [6.45, 7) is 0. The average Bonchev–Trinajstić information content (AvgIpc) is 3.15. The van der Waals surface area contributed by atoms with E-state index in [2.05, 4.69) is 10.3 Å². The number of rotatable bonds is 5. The van der Waals surface area contributed by atoms with E-state index in [0.717, 1.165) is 0 Å². The fourth-order valence-corrected chi connectivity index (χ4v) is 2.41. The van der Waals surface area contributed by atoms with Crippen LogP contribution < -0.4 is 5.32 Å². The van der Waals surface area contributed by atoms with Gasteiger partial charge >= 0.3 is 5.82 Å². The van der Waals surface area contributed by atoms with E-state index in [9.17, 15) is 10.1 Å². The molecule has 1 N–H and O–H groups in total. The molecule has 0 aromatic carbocycles. The minimum absolute atomic E-state index is 0.0567. The molecule has 0 unspecified atom stereocenters. The van der Waals surface area contributed by atoms with E-state index >= 15 is 0 Å². The number of aryl methyl sites for hydroxylation is 1. The van der Waals surface area contributed by atoms with Gasteiger partial charge in [0, 0.05) is 13.1 Å². The maximum Gasteiger partial charge on any atom is 0.406 e. The van der Waals surface area contributed by atoms with Gasteiger partial charge in [0.05, 0.1) is 0 Å². The Balaban J connectivity index is 1.82. The van der Waals surface area contributed by atoms with Gasteiger partial charge in [0.2, 0.25) is 12.1 Å². The highest BCUT2D eigenvalue weighted by Crippen LogP contribution is 2.46. The molecule has 1 heterocycles. The van der Waals surface area contributed by atoms with Gasteiger partial charge in [0.25, 0.3) is 0 Å². The zero-order valence-electron chi connectivity index (χ0n) is 9.80. The first-order valence-corrected chi connectivity index (χ1v) is 6.09. The Morgan fingerprint density at radius 1 is 1.47 bits per heavy atom. The fourth-order valence-electron chi connectivity index (χ4n) is 2.41. The summed E-state index contributed by atoms with van der Waals surface area (Å²) in [5.41, 5.74) is 0. The number of imidazole rings is 1. The maximum atomic E-state index is 10.9. The van der Waals surface area contributed by atoms with E-state index in [1.807, 2.05) is 0 Å². The van der Waals surface area contributed by atoms with Crippen molar-refractivity contribution in [2.45, 2.75) is 31.7 Å². The molecule has 0 atom stereocenters. The van der Waals surface area contributed by atoms with Gasteiger partial charge in [-0.05, 0) is 47.4 Å². The third kappa shape index (κ3) is 1.99. The van der Waals surface area contributed by atoms with E-state index < -0.39 is 4.92 Å². The van der Waals surface area contributed by atoms with Crippen LogP contribution in [0.5, 0.6) is 0 Å². The van der Waals surface area contributed by atoms with Crippen molar-refractivity contribution in [2.24, 2.45) is 18.9 Å². The molecule has 0 aliphatic heterocycles. The topological polar surface area (TPSA) is 73.0 Å². The highest BCUT2D eigenvalue weighted by Gasteiger charge is 2.42. The number of anilines is 1. The smallest absolute Gasteiger partial charge is 0.361 e. The number of nitrogens with zero attached hydrogens (tertiary/aromatic N) is 3. The molecule has 1 aromatic heterocycles. The van der Waals surface area contributed by atoms with Crippen LogP contribution in [0.3, 0.4) is 0 Å². The predicted octanol–water partition coefficient (Wildman–Crippen LogP) is 1.93. The normalized spacial score (nSPS) is 19.6. The van der Waals surface area contributed by atoms with Crippen molar-refractivity contribution in [3.05, 3.63) is 16.4 Å². The second-order valence-corrected chi connectivity index (χ2v) is 5.13. The Hall–Kier alpha value is -1.59. The Labute approximate surface area is 99.2 Å². The minimum atomic E-state index is -0.417. The van der Waals surface area contributed by atoms with Gasteiger partial charge in [0.1, 0.15) is 0 Å². The highest BCUT2D eigenvalue weighted by atomic mass is 16.6. The molecular weight excluding hydrogens is 220 g/mol. The summed E-state index contributed by atoms with van der Waals surface area (Å²) in [5, 5.41) is 14.2. The molecule has 2 aliphatic carbocycles. The number of hydrogen-bond donors (Lipinski definition) is 1. The molecule has 2 saturated carbocycles. The van der Waals surface area contributed by atoms with Gasteiger partial charge < -0.3 is 15.4 Å². The van der Waals surface area contributed by atoms with Gasteiger partial charge in [-0.2, -0.15) is 0 Å². The van der Waals surface area contributed by atoms with Gasteiger partial charge in [-0.1, -0.05) is 0 Å². The van der Waals surface area contributed by atoms with E-state index in [-0.39, 0.29) is 5.82 Å². The SMILES string of the molecule is Cn1cnc([N+](=O)[O-])c1NC(C1CC1)C1CC1. The minimum Gasteiger partial charge on any atom is -0.361 e. The Morgan fingerprint density at radius 2 is 2.06 bits per heavy atom. The molecular formula is C11H16N4O2. The van der Waals surface area contributed by atoms with Crippen molar-refractivity contribution in [1.82, 2.24) is 9.55 Å². The van der Waals surface area contributed by atoms with Crippen LogP contribution in [-0.4, -0.2) is 20.5 Å². The van der Waals surface area contributed by atoms with Crippen LogP contribution in [0, 0.1) is 22.0 Å². The molecule has 2 fully saturated rings. The first-order chi connectivity index (χ1) is 8.16. The molecule has 2 aliphatic rings. The monoisotopic (exact) mass is 236 g/mol. The van der Waals surface area contributed by atoms with Crippen LogP contribution in [0.1, 0.15) is 25.7 Å². The second kappa shape index (κ2) is 3.72. The number of nitrogens with one attached hydrogen (secondary N) is 1. The lowest BCUT2D eigenvalue weighted by atomic mass is 10.1. The Kier molecular flexibility index (Phi) is 2.31. The van der Waals surface area contributed by atoms with Crippen molar-refractivity contribution >= 4 is 11.6 Å². The van der Waals surface area contributed by atoms with Crippen molar-refractivity contribution in [2.75, 3.05) is 5.32 Å². The summed E-state index contributed by atoms with van der Waals surface area (Å²) in [5.74, 6) is 1.91. The third-order valence-electron chi connectivity index (χ3n) is 3.65. The largest absolute Gasteiger partial charge is 0.406 e.